The second-order valence-corrected chi connectivity index (χ2v) is 4.98. The van der Waals surface area contributed by atoms with Crippen LogP contribution in [0.3, 0.4) is 0 Å². The molecule has 3 heterocycles. The van der Waals surface area contributed by atoms with Crippen LogP contribution < -0.4 is 15.1 Å². The minimum absolute atomic E-state index is 0.0445. The van der Waals surface area contributed by atoms with E-state index in [2.05, 4.69) is 15.2 Å². The number of hydrogen-bond donors (Lipinski definition) is 1. The standard InChI is InChI=1S/C14H18N4O2/c19-13-6-9-18(14(20)16-13)12-5-4-11(10-15-12)17-7-2-1-3-8-17/h4-5,10H,1-3,6-9H2,(H,16,19,20)/i1D. The van der Waals surface area contributed by atoms with Crippen LogP contribution >= 0.6 is 0 Å². The number of rotatable bonds is 2. The topological polar surface area (TPSA) is 65.5 Å². The van der Waals surface area contributed by atoms with Crippen LogP contribution in [0.15, 0.2) is 18.3 Å². The van der Waals surface area contributed by atoms with Crippen molar-refractivity contribution in [1.82, 2.24) is 10.3 Å². The molecule has 0 spiro atoms. The van der Waals surface area contributed by atoms with Crippen LogP contribution in [0.4, 0.5) is 16.3 Å². The number of carbonyl (C=O) groups is 2. The predicted octanol–water partition coefficient (Wildman–Crippen LogP) is 1.52. The van der Waals surface area contributed by atoms with Gasteiger partial charge in [-0.2, -0.15) is 0 Å². The Morgan fingerprint density at radius 3 is 2.65 bits per heavy atom. The monoisotopic (exact) mass is 275 g/mol. The van der Waals surface area contributed by atoms with E-state index in [4.69, 9.17) is 1.37 Å². The molecule has 2 saturated heterocycles. The molecular formula is C14H18N4O2. The second-order valence-electron chi connectivity index (χ2n) is 4.98. The lowest BCUT2D eigenvalue weighted by Gasteiger charge is -2.29. The first-order valence-corrected chi connectivity index (χ1v) is 6.88. The number of carbonyl (C=O) groups excluding carboxylic acids is 2. The predicted molar refractivity (Wildman–Crippen MR) is 75.8 cm³/mol. The Labute approximate surface area is 119 Å². The molecule has 0 aliphatic carbocycles. The van der Waals surface area contributed by atoms with E-state index in [-0.39, 0.29) is 12.3 Å². The first-order valence-electron chi connectivity index (χ1n) is 7.46. The van der Waals surface area contributed by atoms with E-state index in [1.54, 1.807) is 12.3 Å². The molecule has 0 saturated carbocycles. The molecule has 3 rings (SSSR count). The van der Waals surface area contributed by atoms with E-state index in [1.807, 2.05) is 6.07 Å². The van der Waals surface area contributed by atoms with Gasteiger partial charge in [0.2, 0.25) is 5.91 Å². The summed E-state index contributed by atoms with van der Waals surface area (Å²) in [5.74, 6) is 0.310. The van der Waals surface area contributed by atoms with Gasteiger partial charge in [-0.05, 0) is 31.4 Å². The summed E-state index contributed by atoms with van der Waals surface area (Å²) in [5, 5.41) is 2.29. The lowest BCUT2D eigenvalue weighted by atomic mass is 10.1. The van der Waals surface area contributed by atoms with Gasteiger partial charge < -0.3 is 4.90 Å². The quantitative estimate of drug-likeness (QED) is 0.888. The Bertz CT molecular complexity index is 540. The molecule has 0 bridgehead atoms. The van der Waals surface area contributed by atoms with Crippen molar-refractivity contribution < 1.29 is 11.0 Å². The Morgan fingerprint density at radius 2 is 2.00 bits per heavy atom. The second kappa shape index (κ2) is 5.48. The highest BCUT2D eigenvalue weighted by Gasteiger charge is 2.25. The van der Waals surface area contributed by atoms with Crippen molar-refractivity contribution in [3.63, 3.8) is 0 Å². The third kappa shape index (κ3) is 2.59. The summed E-state index contributed by atoms with van der Waals surface area (Å²) in [7, 11) is 0. The van der Waals surface area contributed by atoms with Crippen LogP contribution in [-0.4, -0.2) is 36.6 Å². The van der Waals surface area contributed by atoms with E-state index in [0.717, 1.165) is 31.6 Å². The fourth-order valence-corrected chi connectivity index (χ4v) is 2.52. The number of pyridine rings is 1. The maximum Gasteiger partial charge on any atom is 0.329 e. The normalized spacial score (nSPS) is 21.7. The Morgan fingerprint density at radius 1 is 1.20 bits per heavy atom. The molecule has 0 radical (unpaired) electrons. The Hall–Kier alpha value is -2.11. The number of nitrogens with zero attached hydrogens (tertiary/aromatic N) is 3. The van der Waals surface area contributed by atoms with E-state index in [0.29, 0.717) is 18.8 Å². The van der Waals surface area contributed by atoms with Gasteiger partial charge in [-0.3, -0.25) is 15.0 Å². The Balaban J connectivity index is 1.69. The third-order valence-electron chi connectivity index (χ3n) is 3.63. The molecule has 2 aliphatic rings. The van der Waals surface area contributed by atoms with Gasteiger partial charge in [0.05, 0.1) is 11.9 Å². The molecule has 20 heavy (non-hydrogen) atoms. The number of urea groups is 1. The maximum atomic E-state index is 11.8. The SMILES string of the molecule is [2H]C1CCN(c2ccc(N3CCC(=O)NC3=O)nc2)CC1. The largest absolute Gasteiger partial charge is 0.370 e. The summed E-state index contributed by atoms with van der Waals surface area (Å²) < 4.78 is 7.71. The van der Waals surface area contributed by atoms with Gasteiger partial charge in [0.1, 0.15) is 5.82 Å². The first-order chi connectivity index (χ1) is 10.1. The van der Waals surface area contributed by atoms with Gasteiger partial charge in [-0.25, -0.2) is 9.78 Å². The van der Waals surface area contributed by atoms with E-state index >= 15 is 0 Å². The van der Waals surface area contributed by atoms with Gasteiger partial charge in [-0.15, -0.1) is 0 Å². The van der Waals surface area contributed by atoms with E-state index < -0.39 is 6.03 Å². The van der Waals surface area contributed by atoms with Gasteiger partial charge >= 0.3 is 6.03 Å². The molecule has 0 aromatic carbocycles. The fourth-order valence-electron chi connectivity index (χ4n) is 2.52. The molecule has 6 heteroatoms. The van der Waals surface area contributed by atoms with Crippen LogP contribution in [0.25, 0.3) is 0 Å². The number of piperidine rings is 1. The number of anilines is 2. The average Bonchev–Trinajstić information content (AvgIpc) is 2.48. The molecule has 106 valence electrons. The molecule has 0 atom stereocenters. The van der Waals surface area contributed by atoms with Crippen molar-refractivity contribution in [3.8, 4) is 0 Å². The van der Waals surface area contributed by atoms with E-state index in [1.165, 1.54) is 4.90 Å². The minimum Gasteiger partial charge on any atom is -0.370 e. The summed E-state index contributed by atoms with van der Waals surface area (Å²) in [6.45, 7) is 2.10. The zero-order valence-corrected chi connectivity index (χ0v) is 11.2. The number of nitrogens with one attached hydrogen (secondary N) is 1. The van der Waals surface area contributed by atoms with Crippen molar-refractivity contribution in [2.45, 2.75) is 25.7 Å². The smallest absolute Gasteiger partial charge is 0.329 e. The average molecular weight is 275 g/mol. The molecule has 2 aliphatic heterocycles. The lowest BCUT2D eigenvalue weighted by Crippen LogP contribution is -2.49. The van der Waals surface area contributed by atoms with Crippen molar-refractivity contribution in [2.24, 2.45) is 0 Å². The van der Waals surface area contributed by atoms with Gasteiger partial charge in [0.25, 0.3) is 0 Å². The first kappa shape index (κ1) is 11.7. The molecule has 2 fully saturated rings. The number of hydrogen-bond acceptors (Lipinski definition) is 4. The van der Waals surface area contributed by atoms with Crippen LogP contribution in [-0.2, 0) is 4.79 Å². The van der Waals surface area contributed by atoms with Crippen LogP contribution in [0.5, 0.6) is 0 Å². The number of imide groups is 1. The summed E-state index contributed by atoms with van der Waals surface area (Å²) in [4.78, 5) is 30.9. The molecule has 1 N–H and O–H groups in total. The van der Waals surface area contributed by atoms with Gasteiger partial charge in [0.15, 0.2) is 0 Å². The van der Waals surface area contributed by atoms with Crippen LogP contribution in [0, 0.1) is 0 Å². The van der Waals surface area contributed by atoms with Crippen molar-refractivity contribution >= 4 is 23.4 Å². The third-order valence-corrected chi connectivity index (χ3v) is 3.63. The van der Waals surface area contributed by atoms with Crippen molar-refractivity contribution in [1.29, 1.82) is 0 Å². The molecule has 6 nitrogen and oxygen atoms in total. The molecule has 0 unspecified atom stereocenters. The highest BCUT2D eigenvalue weighted by atomic mass is 16.2. The Kier molecular flexibility index (Phi) is 3.21. The van der Waals surface area contributed by atoms with Crippen molar-refractivity contribution in [2.75, 3.05) is 29.4 Å². The summed E-state index contributed by atoms with van der Waals surface area (Å²) >= 11 is 0. The maximum absolute atomic E-state index is 11.8. The zero-order valence-electron chi connectivity index (χ0n) is 12.2. The molecule has 1 aromatic heterocycles. The molecule has 1 aromatic rings. The lowest BCUT2D eigenvalue weighted by molar-refractivity contribution is -0.120. The zero-order chi connectivity index (χ0) is 14.8. The summed E-state index contributed by atoms with van der Waals surface area (Å²) in [5.41, 5.74) is 1.01. The van der Waals surface area contributed by atoms with Crippen LogP contribution in [0.2, 0.25) is 0 Å². The fraction of sp³-hybridized carbons (Fsp3) is 0.500. The highest BCUT2D eigenvalue weighted by Crippen LogP contribution is 2.22. The minimum atomic E-state index is -0.415. The van der Waals surface area contributed by atoms with Gasteiger partial charge in [0, 0.05) is 27.4 Å². The molecular weight excluding hydrogens is 256 g/mol. The van der Waals surface area contributed by atoms with Crippen molar-refractivity contribution in [3.05, 3.63) is 18.3 Å². The van der Waals surface area contributed by atoms with Gasteiger partial charge in [-0.1, -0.05) is 0 Å². The summed E-state index contributed by atoms with van der Waals surface area (Å²) in [6, 6.07) is 3.33. The number of amides is 3. The van der Waals surface area contributed by atoms with Crippen LogP contribution in [0.1, 0.15) is 27.0 Å². The highest BCUT2D eigenvalue weighted by molar-refractivity contribution is 6.05. The molecule has 3 amide bonds. The summed E-state index contributed by atoms with van der Waals surface area (Å²) in [6.07, 6.45) is 3.84. The van der Waals surface area contributed by atoms with E-state index in [9.17, 15) is 9.59 Å². The number of aromatic nitrogens is 1.